The van der Waals surface area contributed by atoms with Gasteiger partial charge in [0.05, 0.1) is 6.54 Å². The van der Waals surface area contributed by atoms with Crippen molar-refractivity contribution < 1.29 is 23.9 Å². The second-order valence-corrected chi connectivity index (χ2v) is 6.15. The first-order valence-electron chi connectivity index (χ1n) is 7.28. The first-order chi connectivity index (χ1) is 10.8. The van der Waals surface area contributed by atoms with Gasteiger partial charge in [0.25, 0.3) is 0 Å². The van der Waals surface area contributed by atoms with Crippen LogP contribution in [0.25, 0.3) is 0 Å². The zero-order valence-corrected chi connectivity index (χ0v) is 13.4. The van der Waals surface area contributed by atoms with E-state index in [2.05, 4.69) is 5.32 Å². The molecule has 7 heteroatoms. The summed E-state index contributed by atoms with van der Waals surface area (Å²) in [6.45, 7) is 5.17. The number of carbonyl (C=O) groups excluding carboxylic acids is 3. The van der Waals surface area contributed by atoms with Crippen LogP contribution in [0, 0.1) is 0 Å². The molecule has 1 saturated heterocycles. The molecule has 0 aromatic heterocycles. The van der Waals surface area contributed by atoms with Gasteiger partial charge in [-0.15, -0.1) is 0 Å². The Morgan fingerprint density at radius 2 is 1.91 bits per heavy atom. The monoisotopic (exact) mass is 320 g/mol. The van der Waals surface area contributed by atoms with Crippen LogP contribution in [0.2, 0.25) is 0 Å². The van der Waals surface area contributed by atoms with E-state index in [1.165, 1.54) is 0 Å². The largest absolute Gasteiger partial charge is 0.458 e. The number of nitrogens with zero attached hydrogens (tertiary/aromatic N) is 1. The van der Waals surface area contributed by atoms with Crippen molar-refractivity contribution in [2.24, 2.45) is 0 Å². The van der Waals surface area contributed by atoms with Crippen molar-refractivity contribution in [2.45, 2.75) is 39.0 Å². The minimum absolute atomic E-state index is 0.00812. The molecule has 23 heavy (non-hydrogen) atoms. The topological polar surface area (TPSA) is 84.9 Å². The van der Waals surface area contributed by atoms with Crippen molar-refractivity contribution in [3.8, 4) is 0 Å². The van der Waals surface area contributed by atoms with Gasteiger partial charge >= 0.3 is 18.1 Å². The number of nitrogens with one attached hydrogen (secondary N) is 1. The molecule has 0 bridgehead atoms. The third kappa shape index (κ3) is 4.45. The summed E-state index contributed by atoms with van der Waals surface area (Å²) in [7, 11) is 0. The standard InChI is InChI=1S/C16H20N2O5/c1-16(2,3)23-13(19)12-9-17-14(20)18(12)15(21)22-10-11-7-5-4-6-8-11/h4-8,12H,9-10H2,1-3H3,(H,17,20). The van der Waals surface area contributed by atoms with Crippen LogP contribution in [0.3, 0.4) is 0 Å². The molecule has 0 aliphatic carbocycles. The van der Waals surface area contributed by atoms with Gasteiger partial charge in [-0.1, -0.05) is 30.3 Å². The number of esters is 1. The summed E-state index contributed by atoms with van der Waals surface area (Å²) in [6.07, 6.45) is -0.875. The fourth-order valence-corrected chi connectivity index (χ4v) is 2.06. The Hall–Kier alpha value is -2.57. The molecular weight excluding hydrogens is 300 g/mol. The molecule has 1 aliphatic heterocycles. The number of benzene rings is 1. The van der Waals surface area contributed by atoms with Crippen LogP contribution in [0.5, 0.6) is 0 Å². The fraction of sp³-hybridized carbons (Fsp3) is 0.438. The van der Waals surface area contributed by atoms with E-state index in [0.717, 1.165) is 10.5 Å². The van der Waals surface area contributed by atoms with Crippen LogP contribution >= 0.6 is 0 Å². The minimum atomic E-state index is -1.02. The SMILES string of the molecule is CC(C)(C)OC(=O)C1CNC(=O)N1C(=O)OCc1ccccc1. The summed E-state index contributed by atoms with van der Waals surface area (Å²) in [6, 6.07) is 7.37. The van der Waals surface area contributed by atoms with Crippen LogP contribution in [-0.4, -0.2) is 41.2 Å². The summed E-state index contributed by atoms with van der Waals surface area (Å²) in [5.41, 5.74) is 0.0803. The summed E-state index contributed by atoms with van der Waals surface area (Å²) >= 11 is 0. The maximum atomic E-state index is 12.1. The Morgan fingerprint density at radius 3 is 2.52 bits per heavy atom. The third-order valence-electron chi connectivity index (χ3n) is 3.06. The zero-order chi connectivity index (χ0) is 17.0. The quantitative estimate of drug-likeness (QED) is 0.862. The molecule has 0 radical (unpaired) electrons. The normalized spacial score (nSPS) is 17.6. The summed E-state index contributed by atoms with van der Waals surface area (Å²) in [5.74, 6) is -0.646. The molecule has 1 unspecified atom stereocenters. The number of hydrogen-bond acceptors (Lipinski definition) is 5. The van der Waals surface area contributed by atoms with Gasteiger partial charge in [0.2, 0.25) is 0 Å². The van der Waals surface area contributed by atoms with Crippen LogP contribution in [-0.2, 0) is 20.9 Å². The van der Waals surface area contributed by atoms with E-state index in [9.17, 15) is 14.4 Å². The highest BCUT2D eigenvalue weighted by atomic mass is 16.6. The van der Waals surface area contributed by atoms with Crippen molar-refractivity contribution in [1.82, 2.24) is 10.2 Å². The highest BCUT2D eigenvalue weighted by Crippen LogP contribution is 2.16. The van der Waals surface area contributed by atoms with Crippen molar-refractivity contribution in [1.29, 1.82) is 0 Å². The van der Waals surface area contributed by atoms with Gasteiger partial charge in [-0.25, -0.2) is 19.3 Å². The van der Waals surface area contributed by atoms with E-state index >= 15 is 0 Å². The highest BCUT2D eigenvalue weighted by molar-refractivity contribution is 5.98. The van der Waals surface area contributed by atoms with E-state index in [0.29, 0.717) is 0 Å². The summed E-state index contributed by atoms with van der Waals surface area (Å²) in [4.78, 5) is 36.9. The number of imide groups is 1. The van der Waals surface area contributed by atoms with Crippen LogP contribution in [0.15, 0.2) is 30.3 Å². The van der Waals surface area contributed by atoms with Gasteiger partial charge in [0.15, 0.2) is 6.04 Å². The first kappa shape index (κ1) is 16.8. The molecule has 1 aliphatic rings. The molecule has 0 spiro atoms. The predicted molar refractivity (Wildman–Crippen MR) is 81.5 cm³/mol. The molecule has 1 fully saturated rings. The zero-order valence-electron chi connectivity index (χ0n) is 13.4. The Bertz CT molecular complexity index is 594. The Balaban J connectivity index is 2.01. The average molecular weight is 320 g/mol. The second-order valence-electron chi connectivity index (χ2n) is 6.15. The smallest absolute Gasteiger partial charge is 0.419 e. The van der Waals surface area contributed by atoms with Crippen LogP contribution in [0.4, 0.5) is 9.59 Å². The number of rotatable bonds is 3. The lowest BCUT2D eigenvalue weighted by Crippen LogP contribution is -2.46. The van der Waals surface area contributed by atoms with Crippen molar-refractivity contribution in [3.63, 3.8) is 0 Å². The number of carbonyl (C=O) groups is 3. The van der Waals surface area contributed by atoms with Gasteiger partial charge in [-0.3, -0.25) is 0 Å². The molecule has 1 atom stereocenters. The summed E-state index contributed by atoms with van der Waals surface area (Å²) in [5, 5.41) is 2.45. The molecule has 2 rings (SSSR count). The van der Waals surface area contributed by atoms with Gasteiger partial charge < -0.3 is 14.8 Å². The third-order valence-corrected chi connectivity index (χ3v) is 3.06. The van der Waals surface area contributed by atoms with E-state index < -0.39 is 29.7 Å². The number of amides is 3. The van der Waals surface area contributed by atoms with E-state index in [1.54, 1.807) is 32.9 Å². The predicted octanol–water partition coefficient (Wildman–Crippen LogP) is 2.06. The molecule has 1 aromatic carbocycles. The Labute approximate surface area is 134 Å². The van der Waals surface area contributed by atoms with Crippen LogP contribution in [0.1, 0.15) is 26.3 Å². The number of urea groups is 1. The minimum Gasteiger partial charge on any atom is -0.458 e. The average Bonchev–Trinajstić information content (AvgIpc) is 2.86. The molecule has 7 nitrogen and oxygen atoms in total. The van der Waals surface area contributed by atoms with Crippen LogP contribution < -0.4 is 5.32 Å². The fourth-order valence-electron chi connectivity index (χ4n) is 2.06. The van der Waals surface area contributed by atoms with E-state index in [4.69, 9.17) is 9.47 Å². The van der Waals surface area contributed by atoms with Gasteiger partial charge in [-0.2, -0.15) is 0 Å². The first-order valence-corrected chi connectivity index (χ1v) is 7.28. The van der Waals surface area contributed by atoms with E-state index in [1.807, 2.05) is 18.2 Å². The maximum Gasteiger partial charge on any atom is 0.419 e. The van der Waals surface area contributed by atoms with Crippen molar-refractivity contribution in [2.75, 3.05) is 6.54 Å². The van der Waals surface area contributed by atoms with Gasteiger partial charge in [0, 0.05) is 0 Å². The molecule has 0 saturated carbocycles. The highest BCUT2D eigenvalue weighted by Gasteiger charge is 2.43. The molecule has 1 aromatic rings. The maximum absolute atomic E-state index is 12.1. The van der Waals surface area contributed by atoms with Crippen molar-refractivity contribution >= 4 is 18.1 Å². The Morgan fingerprint density at radius 1 is 1.26 bits per heavy atom. The molecular formula is C16H20N2O5. The summed E-state index contributed by atoms with van der Waals surface area (Å²) < 4.78 is 10.3. The lowest BCUT2D eigenvalue weighted by molar-refractivity contribution is -0.158. The molecule has 3 amide bonds. The van der Waals surface area contributed by atoms with Gasteiger partial charge in [-0.05, 0) is 26.3 Å². The molecule has 124 valence electrons. The number of hydrogen-bond donors (Lipinski definition) is 1. The second kappa shape index (κ2) is 6.68. The molecule has 1 heterocycles. The van der Waals surface area contributed by atoms with Crippen molar-refractivity contribution in [3.05, 3.63) is 35.9 Å². The van der Waals surface area contributed by atoms with Gasteiger partial charge in [0.1, 0.15) is 12.2 Å². The lowest BCUT2D eigenvalue weighted by Gasteiger charge is -2.25. The Kier molecular flexibility index (Phi) is 4.88. The lowest BCUT2D eigenvalue weighted by atomic mass is 10.2. The molecule has 1 N–H and O–H groups in total. The number of ether oxygens (including phenoxy) is 2. The van der Waals surface area contributed by atoms with E-state index in [-0.39, 0.29) is 13.2 Å².